The smallest absolute Gasteiger partial charge is 0.240 e. The number of nitrogens with one attached hydrogen (secondary N) is 1. The highest BCUT2D eigenvalue weighted by Gasteiger charge is 2.23. The third kappa shape index (κ3) is 6.17. The molecule has 0 unspecified atom stereocenters. The highest BCUT2D eigenvalue weighted by atomic mass is 32.1. The number of hydrogen-bond acceptors (Lipinski definition) is 7. The number of anilines is 1. The second kappa shape index (κ2) is 11.3. The molecule has 0 atom stereocenters. The molecule has 35 heavy (non-hydrogen) atoms. The van der Waals surface area contributed by atoms with Gasteiger partial charge in [-0.05, 0) is 30.2 Å². The van der Waals surface area contributed by atoms with Crippen molar-refractivity contribution in [1.29, 1.82) is 0 Å². The molecule has 1 aliphatic heterocycles. The van der Waals surface area contributed by atoms with Crippen molar-refractivity contribution >= 4 is 28.3 Å². The zero-order valence-corrected chi connectivity index (χ0v) is 21.1. The second-order valence-corrected chi connectivity index (χ2v) is 9.27. The first kappa shape index (κ1) is 24.7. The van der Waals surface area contributed by atoms with Gasteiger partial charge in [0.05, 0.1) is 32.9 Å². The van der Waals surface area contributed by atoms with E-state index >= 15 is 0 Å². The maximum absolute atomic E-state index is 12.7. The summed E-state index contributed by atoms with van der Waals surface area (Å²) in [6.45, 7) is 4.87. The van der Waals surface area contributed by atoms with Crippen LogP contribution >= 0.6 is 11.3 Å². The van der Waals surface area contributed by atoms with Crippen molar-refractivity contribution < 1.29 is 19.1 Å². The normalized spacial score (nSPS) is 14.0. The summed E-state index contributed by atoms with van der Waals surface area (Å²) in [6, 6.07) is 13.5. The molecule has 0 spiro atoms. The molecule has 0 bridgehead atoms. The van der Waals surface area contributed by atoms with Gasteiger partial charge in [0, 0.05) is 43.2 Å². The molecule has 1 aromatic heterocycles. The Bertz CT molecular complexity index is 1190. The Morgan fingerprint density at radius 2 is 1.83 bits per heavy atom. The van der Waals surface area contributed by atoms with Gasteiger partial charge < -0.3 is 19.7 Å². The van der Waals surface area contributed by atoms with Crippen LogP contribution in [0.25, 0.3) is 11.3 Å². The molecular weight excluding hydrogens is 464 g/mol. The highest BCUT2D eigenvalue weighted by Crippen LogP contribution is 2.34. The van der Waals surface area contributed by atoms with Gasteiger partial charge >= 0.3 is 0 Å². The number of benzene rings is 2. The summed E-state index contributed by atoms with van der Waals surface area (Å²) >= 11 is 1.37. The van der Waals surface area contributed by atoms with Crippen LogP contribution in [0.2, 0.25) is 0 Å². The van der Waals surface area contributed by atoms with Crippen molar-refractivity contribution in [3.63, 3.8) is 0 Å². The van der Waals surface area contributed by atoms with Crippen LogP contribution in [0.3, 0.4) is 0 Å². The lowest BCUT2D eigenvalue weighted by Crippen LogP contribution is -2.50. The molecule has 9 heteroatoms. The van der Waals surface area contributed by atoms with E-state index in [-0.39, 0.29) is 18.4 Å². The molecule has 0 radical (unpaired) electrons. The Hall–Kier alpha value is -3.43. The summed E-state index contributed by atoms with van der Waals surface area (Å²) in [5, 5.41) is 5.32. The van der Waals surface area contributed by atoms with E-state index < -0.39 is 0 Å². The van der Waals surface area contributed by atoms with Gasteiger partial charge in [0.15, 0.2) is 5.13 Å². The molecule has 1 N–H and O–H groups in total. The van der Waals surface area contributed by atoms with Gasteiger partial charge in [-0.1, -0.05) is 24.3 Å². The number of ether oxygens (including phenoxy) is 2. The van der Waals surface area contributed by atoms with Crippen LogP contribution in [0.15, 0.2) is 47.8 Å². The van der Waals surface area contributed by atoms with Crippen LogP contribution in [-0.2, 0) is 16.0 Å². The third-order valence-electron chi connectivity index (χ3n) is 6.13. The number of thiazole rings is 1. The van der Waals surface area contributed by atoms with Gasteiger partial charge in [0.2, 0.25) is 11.8 Å². The van der Waals surface area contributed by atoms with Gasteiger partial charge in [0.1, 0.15) is 11.5 Å². The summed E-state index contributed by atoms with van der Waals surface area (Å²) in [5.41, 5.74) is 3.75. The van der Waals surface area contributed by atoms with E-state index in [2.05, 4.69) is 15.2 Å². The van der Waals surface area contributed by atoms with Crippen molar-refractivity contribution in [1.82, 2.24) is 14.8 Å². The number of amides is 2. The standard InChI is InChI=1S/C26H30N4O4S/c1-18-6-4-5-7-19(18)14-25(32)30-12-10-29(11-13-30)16-24(31)28-26-27-22(17-35-26)21-9-8-20(33-2)15-23(21)34-3/h4-9,15,17H,10-14,16H2,1-3H3,(H,27,28,31). The van der Waals surface area contributed by atoms with Crippen LogP contribution in [0.1, 0.15) is 11.1 Å². The van der Waals surface area contributed by atoms with Crippen LogP contribution in [0.5, 0.6) is 11.5 Å². The number of aryl methyl sites for hydroxylation is 1. The molecular formula is C26H30N4O4S. The zero-order valence-electron chi connectivity index (χ0n) is 20.2. The number of carbonyl (C=O) groups is 2. The number of aromatic nitrogens is 1. The first-order chi connectivity index (χ1) is 17.0. The monoisotopic (exact) mass is 494 g/mol. The van der Waals surface area contributed by atoms with E-state index in [4.69, 9.17) is 9.47 Å². The Morgan fingerprint density at radius 3 is 2.54 bits per heavy atom. The predicted octanol–water partition coefficient (Wildman–Crippen LogP) is 3.46. The fourth-order valence-electron chi connectivity index (χ4n) is 4.07. The molecule has 1 saturated heterocycles. The molecule has 1 fully saturated rings. The maximum Gasteiger partial charge on any atom is 0.240 e. The quantitative estimate of drug-likeness (QED) is 0.516. The molecule has 0 saturated carbocycles. The molecule has 4 rings (SSSR count). The number of methoxy groups -OCH3 is 2. The largest absolute Gasteiger partial charge is 0.497 e. The Balaban J connectivity index is 1.27. The molecule has 0 aliphatic carbocycles. The first-order valence-corrected chi connectivity index (χ1v) is 12.4. The molecule has 1 aliphatic rings. The fourth-order valence-corrected chi connectivity index (χ4v) is 4.79. The van der Waals surface area contributed by atoms with E-state index in [1.807, 2.05) is 53.6 Å². The number of carbonyl (C=O) groups excluding carboxylic acids is 2. The number of nitrogens with zero attached hydrogens (tertiary/aromatic N) is 3. The van der Waals surface area contributed by atoms with Crippen molar-refractivity contribution in [2.24, 2.45) is 0 Å². The maximum atomic E-state index is 12.7. The van der Waals surface area contributed by atoms with Crippen LogP contribution in [0.4, 0.5) is 5.13 Å². The summed E-state index contributed by atoms with van der Waals surface area (Å²) in [7, 11) is 3.21. The van der Waals surface area contributed by atoms with Gasteiger partial charge in [-0.15, -0.1) is 11.3 Å². The summed E-state index contributed by atoms with van der Waals surface area (Å²) < 4.78 is 10.7. The summed E-state index contributed by atoms with van der Waals surface area (Å²) in [4.78, 5) is 33.8. The fraction of sp³-hybridized carbons (Fsp3) is 0.346. The van der Waals surface area contributed by atoms with E-state index in [1.165, 1.54) is 11.3 Å². The van der Waals surface area contributed by atoms with Gasteiger partial charge in [-0.2, -0.15) is 0 Å². The van der Waals surface area contributed by atoms with Crippen molar-refractivity contribution in [2.45, 2.75) is 13.3 Å². The molecule has 2 aromatic carbocycles. The van der Waals surface area contributed by atoms with Crippen LogP contribution < -0.4 is 14.8 Å². The second-order valence-electron chi connectivity index (χ2n) is 8.41. The minimum atomic E-state index is -0.118. The Labute approximate surface area is 209 Å². The topological polar surface area (TPSA) is 84.0 Å². The predicted molar refractivity (Wildman–Crippen MR) is 137 cm³/mol. The zero-order chi connectivity index (χ0) is 24.8. The van der Waals surface area contributed by atoms with E-state index in [1.54, 1.807) is 20.3 Å². The lowest BCUT2D eigenvalue weighted by atomic mass is 10.1. The Kier molecular flexibility index (Phi) is 7.99. The average molecular weight is 495 g/mol. The van der Waals surface area contributed by atoms with Crippen molar-refractivity contribution in [3.8, 4) is 22.8 Å². The molecule has 2 heterocycles. The highest BCUT2D eigenvalue weighted by molar-refractivity contribution is 7.14. The number of hydrogen-bond donors (Lipinski definition) is 1. The Morgan fingerprint density at radius 1 is 1.06 bits per heavy atom. The summed E-state index contributed by atoms with van der Waals surface area (Å²) in [5.74, 6) is 1.37. The summed E-state index contributed by atoms with van der Waals surface area (Å²) in [6.07, 6.45) is 0.415. The van der Waals surface area contributed by atoms with Gasteiger partial charge in [0.25, 0.3) is 0 Å². The lowest BCUT2D eigenvalue weighted by molar-refractivity contribution is -0.132. The minimum Gasteiger partial charge on any atom is -0.497 e. The van der Waals surface area contributed by atoms with E-state index in [9.17, 15) is 9.59 Å². The van der Waals surface area contributed by atoms with Crippen molar-refractivity contribution in [3.05, 3.63) is 59.0 Å². The van der Waals surface area contributed by atoms with Gasteiger partial charge in [-0.3, -0.25) is 14.5 Å². The third-order valence-corrected chi connectivity index (χ3v) is 6.89. The average Bonchev–Trinajstić information content (AvgIpc) is 3.33. The molecule has 3 aromatic rings. The molecule has 8 nitrogen and oxygen atoms in total. The van der Waals surface area contributed by atoms with Crippen LogP contribution in [-0.4, -0.2) is 73.5 Å². The lowest BCUT2D eigenvalue weighted by Gasteiger charge is -2.34. The number of piperazine rings is 1. The van der Waals surface area contributed by atoms with Crippen LogP contribution in [0, 0.1) is 6.92 Å². The van der Waals surface area contributed by atoms with Crippen molar-refractivity contribution in [2.75, 3.05) is 52.3 Å². The minimum absolute atomic E-state index is 0.118. The molecule has 2 amide bonds. The van der Waals surface area contributed by atoms with E-state index in [0.29, 0.717) is 49.2 Å². The molecule has 184 valence electrons. The van der Waals surface area contributed by atoms with E-state index in [0.717, 1.165) is 22.4 Å². The SMILES string of the molecule is COc1ccc(-c2csc(NC(=O)CN3CCN(C(=O)Cc4ccccc4C)CC3)n2)c(OC)c1. The van der Waals surface area contributed by atoms with Gasteiger partial charge in [-0.25, -0.2) is 4.98 Å². The first-order valence-electron chi connectivity index (χ1n) is 11.5. The number of rotatable bonds is 8.